The van der Waals surface area contributed by atoms with Crippen molar-refractivity contribution in [2.24, 2.45) is 0 Å². The third kappa shape index (κ3) is 1.67. The van der Waals surface area contributed by atoms with Crippen LogP contribution in [0.15, 0.2) is 12.4 Å². The maximum absolute atomic E-state index is 11.1. The number of aliphatic carboxylic acids is 1. The van der Waals surface area contributed by atoms with Crippen LogP contribution in [0.3, 0.4) is 0 Å². The van der Waals surface area contributed by atoms with Crippen LogP contribution in [-0.2, 0) is 4.79 Å². The molecule has 2 aliphatic rings. The molecule has 0 amide bonds. The molecule has 5 heteroatoms. The predicted octanol–water partition coefficient (Wildman–Crippen LogP) is 0.167. The number of carbonyl (C=O) groups is 1. The van der Waals surface area contributed by atoms with Crippen molar-refractivity contribution < 1.29 is 9.90 Å². The fourth-order valence-corrected chi connectivity index (χ4v) is 2.45. The van der Waals surface area contributed by atoms with E-state index in [0.717, 1.165) is 19.4 Å². The van der Waals surface area contributed by atoms with Crippen molar-refractivity contribution in [1.29, 1.82) is 0 Å². The van der Waals surface area contributed by atoms with Gasteiger partial charge in [0.25, 0.3) is 0 Å². The van der Waals surface area contributed by atoms with E-state index in [1.54, 1.807) is 0 Å². The van der Waals surface area contributed by atoms with Crippen LogP contribution in [0.25, 0.3) is 0 Å². The van der Waals surface area contributed by atoms with Crippen molar-refractivity contribution >= 4 is 5.97 Å². The molecular weight excluding hydrogens is 194 g/mol. The van der Waals surface area contributed by atoms with Crippen LogP contribution in [0.1, 0.15) is 12.8 Å². The summed E-state index contributed by atoms with van der Waals surface area (Å²) in [5.41, 5.74) is 0. The van der Waals surface area contributed by atoms with Crippen LogP contribution < -0.4 is 0 Å². The Bertz CT molecular complexity index is 280. The summed E-state index contributed by atoms with van der Waals surface area (Å²) < 4.78 is 0. The number of hydrogen-bond donors (Lipinski definition) is 1. The van der Waals surface area contributed by atoms with Gasteiger partial charge in [0.1, 0.15) is 6.04 Å². The highest BCUT2D eigenvalue weighted by atomic mass is 16.4. The van der Waals surface area contributed by atoms with Gasteiger partial charge in [-0.1, -0.05) is 0 Å². The second-order valence-corrected chi connectivity index (χ2v) is 4.21. The summed E-state index contributed by atoms with van der Waals surface area (Å²) >= 11 is 0. The summed E-state index contributed by atoms with van der Waals surface area (Å²) in [4.78, 5) is 17.2. The monoisotopic (exact) mass is 211 g/mol. The summed E-state index contributed by atoms with van der Waals surface area (Å²) in [7, 11) is 3.95. The zero-order chi connectivity index (χ0) is 11.0. The van der Waals surface area contributed by atoms with Gasteiger partial charge in [0.15, 0.2) is 6.29 Å². The van der Waals surface area contributed by atoms with Crippen molar-refractivity contribution in [2.75, 3.05) is 20.6 Å². The van der Waals surface area contributed by atoms with Crippen LogP contribution in [-0.4, -0.2) is 58.7 Å². The molecular formula is C10H17N3O2. The molecule has 1 fully saturated rings. The van der Waals surface area contributed by atoms with E-state index in [-0.39, 0.29) is 12.3 Å². The van der Waals surface area contributed by atoms with Gasteiger partial charge in [-0.2, -0.15) is 0 Å². The third-order valence-electron chi connectivity index (χ3n) is 3.14. The number of likely N-dealkylation sites (tertiary alicyclic amines) is 1. The van der Waals surface area contributed by atoms with Crippen molar-refractivity contribution in [2.45, 2.75) is 25.2 Å². The molecule has 1 N–H and O–H groups in total. The highest BCUT2D eigenvalue weighted by molar-refractivity contribution is 5.73. The Hall–Kier alpha value is -1.23. The van der Waals surface area contributed by atoms with Crippen molar-refractivity contribution in [3.05, 3.63) is 12.4 Å². The molecule has 2 aliphatic heterocycles. The fraction of sp³-hybridized carbons (Fsp3) is 0.700. The second-order valence-electron chi connectivity index (χ2n) is 4.21. The Morgan fingerprint density at radius 2 is 1.93 bits per heavy atom. The normalized spacial score (nSPS) is 28.0. The molecule has 0 bridgehead atoms. The Morgan fingerprint density at radius 3 is 2.47 bits per heavy atom. The number of hydrogen-bond acceptors (Lipinski definition) is 4. The summed E-state index contributed by atoms with van der Waals surface area (Å²) in [5.74, 6) is -0.707. The minimum Gasteiger partial charge on any atom is -0.480 e. The van der Waals surface area contributed by atoms with Gasteiger partial charge in [-0.3, -0.25) is 9.69 Å². The third-order valence-corrected chi connectivity index (χ3v) is 3.14. The number of carboxylic acids is 1. The molecule has 1 atom stereocenters. The molecule has 0 unspecified atom stereocenters. The van der Waals surface area contributed by atoms with Gasteiger partial charge in [0, 0.05) is 33.0 Å². The zero-order valence-electron chi connectivity index (χ0n) is 9.13. The first-order valence-corrected chi connectivity index (χ1v) is 5.22. The smallest absolute Gasteiger partial charge is 0.321 e. The van der Waals surface area contributed by atoms with Crippen molar-refractivity contribution in [3.8, 4) is 0 Å². The maximum atomic E-state index is 11.1. The van der Waals surface area contributed by atoms with E-state index >= 15 is 0 Å². The van der Waals surface area contributed by atoms with E-state index in [2.05, 4.69) is 0 Å². The molecule has 15 heavy (non-hydrogen) atoms. The van der Waals surface area contributed by atoms with E-state index in [4.69, 9.17) is 5.11 Å². The van der Waals surface area contributed by atoms with Gasteiger partial charge in [-0.05, 0) is 12.8 Å². The molecule has 0 aromatic carbocycles. The lowest BCUT2D eigenvalue weighted by Gasteiger charge is -2.37. The minimum atomic E-state index is -0.707. The number of carboxylic acid groups (broad SMARTS) is 1. The molecule has 0 radical (unpaired) electrons. The van der Waals surface area contributed by atoms with Gasteiger partial charge in [-0.15, -0.1) is 0 Å². The Labute approximate surface area is 89.6 Å². The first-order valence-electron chi connectivity index (χ1n) is 5.22. The zero-order valence-corrected chi connectivity index (χ0v) is 9.13. The average molecular weight is 211 g/mol. The van der Waals surface area contributed by atoms with Gasteiger partial charge in [0.2, 0.25) is 0 Å². The molecule has 84 valence electrons. The van der Waals surface area contributed by atoms with Gasteiger partial charge >= 0.3 is 5.97 Å². The molecule has 2 heterocycles. The topological polar surface area (TPSA) is 47.0 Å². The lowest BCUT2D eigenvalue weighted by molar-refractivity contribution is -0.145. The Balaban J connectivity index is 2.13. The first kappa shape index (κ1) is 10.3. The highest BCUT2D eigenvalue weighted by Crippen LogP contribution is 2.25. The summed E-state index contributed by atoms with van der Waals surface area (Å²) in [5, 5.41) is 9.12. The summed E-state index contributed by atoms with van der Waals surface area (Å²) in [6, 6.07) is -0.334. The molecule has 0 saturated carbocycles. The second kappa shape index (κ2) is 3.73. The van der Waals surface area contributed by atoms with Gasteiger partial charge in [-0.25, -0.2) is 0 Å². The first-order chi connectivity index (χ1) is 7.11. The molecule has 0 aliphatic carbocycles. The summed E-state index contributed by atoms with van der Waals surface area (Å²) in [6.45, 7) is 0.859. The van der Waals surface area contributed by atoms with Crippen LogP contribution in [0.5, 0.6) is 0 Å². The van der Waals surface area contributed by atoms with E-state index < -0.39 is 5.97 Å². The highest BCUT2D eigenvalue weighted by Gasteiger charge is 2.39. The van der Waals surface area contributed by atoms with E-state index in [1.165, 1.54) is 0 Å². The average Bonchev–Trinajstić information content (AvgIpc) is 2.73. The molecule has 2 rings (SSSR count). The largest absolute Gasteiger partial charge is 0.480 e. The lowest BCUT2D eigenvalue weighted by atomic mass is 10.2. The standard InChI is InChI=1S/C10H17N3O2/c1-11-6-7-12(2)10(11)13-5-3-4-8(13)9(14)15/h6-8,10H,3-5H2,1-2H3,(H,14,15)/t8-/m0/s1. The van der Waals surface area contributed by atoms with E-state index in [9.17, 15) is 4.79 Å². The predicted molar refractivity (Wildman–Crippen MR) is 55.8 cm³/mol. The lowest BCUT2D eigenvalue weighted by Crippen LogP contribution is -2.53. The van der Waals surface area contributed by atoms with Crippen LogP contribution in [0.4, 0.5) is 0 Å². The molecule has 0 spiro atoms. The van der Waals surface area contributed by atoms with E-state index in [1.807, 2.05) is 41.2 Å². The number of rotatable bonds is 2. The van der Waals surface area contributed by atoms with Gasteiger partial charge < -0.3 is 14.9 Å². The molecule has 0 aromatic rings. The SMILES string of the molecule is CN1C=CN(C)C1N1CCC[C@H]1C(=O)O. The van der Waals surface area contributed by atoms with Crippen molar-refractivity contribution in [3.63, 3.8) is 0 Å². The van der Waals surface area contributed by atoms with Crippen LogP contribution in [0.2, 0.25) is 0 Å². The Kier molecular flexibility index (Phi) is 2.56. The molecule has 0 aromatic heterocycles. The molecule has 5 nitrogen and oxygen atoms in total. The van der Waals surface area contributed by atoms with Crippen LogP contribution in [0, 0.1) is 0 Å². The van der Waals surface area contributed by atoms with Crippen LogP contribution >= 0.6 is 0 Å². The quantitative estimate of drug-likeness (QED) is 0.705. The van der Waals surface area contributed by atoms with E-state index in [0.29, 0.717) is 0 Å². The molecule has 1 saturated heterocycles. The minimum absolute atomic E-state index is 0.0635. The summed E-state index contributed by atoms with van der Waals surface area (Å²) in [6.07, 6.45) is 5.74. The van der Waals surface area contributed by atoms with Gasteiger partial charge in [0.05, 0.1) is 0 Å². The Morgan fingerprint density at radius 1 is 1.33 bits per heavy atom. The fourth-order valence-electron chi connectivity index (χ4n) is 2.45. The maximum Gasteiger partial charge on any atom is 0.321 e. The number of nitrogens with zero attached hydrogens (tertiary/aromatic N) is 3. The van der Waals surface area contributed by atoms with Crippen molar-refractivity contribution in [1.82, 2.24) is 14.7 Å².